The van der Waals surface area contributed by atoms with E-state index in [1.54, 1.807) is 12.1 Å². The zero-order valence-electron chi connectivity index (χ0n) is 23.2. The van der Waals surface area contributed by atoms with E-state index in [0.717, 1.165) is 52.9 Å². The number of sulfonamides is 1. The lowest BCUT2D eigenvalue weighted by molar-refractivity contribution is -0.140. The molecule has 0 radical (unpaired) electrons. The maximum Gasteiger partial charge on any atom is 0.244 e. The number of rotatable bonds is 11. The molecule has 38 heavy (non-hydrogen) atoms. The Morgan fingerprint density at radius 3 is 2.34 bits per heavy atom. The van der Waals surface area contributed by atoms with Gasteiger partial charge in [0.25, 0.3) is 0 Å². The second-order valence-corrected chi connectivity index (χ2v) is 12.1. The Kier molecular flexibility index (Phi) is 10.2. The molecule has 1 N–H and O–H groups in total. The van der Waals surface area contributed by atoms with Gasteiger partial charge in [0, 0.05) is 12.6 Å². The molecule has 208 valence electrons. The molecule has 3 rings (SSSR count). The standard InChI is InChI=1S/C29H41N3O5S/c1-6-25(29(34)30-24-13-8-7-9-14-24)31(19-23-12-10-11-21(2)17-23)28(33)20-32(38(5,35)36)26-18-22(3)15-16-27(26)37-4/h10-12,15-18,24-25H,6-9,13-14,19-20H2,1-5H3,(H,30,34)/t25-/m1/s1. The van der Waals surface area contributed by atoms with Gasteiger partial charge < -0.3 is 15.0 Å². The molecule has 2 aromatic carbocycles. The fraction of sp³-hybridized carbons (Fsp3) is 0.517. The second kappa shape index (κ2) is 13.1. The predicted molar refractivity (Wildman–Crippen MR) is 151 cm³/mol. The Morgan fingerprint density at radius 2 is 1.74 bits per heavy atom. The molecule has 2 aromatic rings. The lowest BCUT2D eigenvalue weighted by Crippen LogP contribution is -2.54. The van der Waals surface area contributed by atoms with E-state index in [1.165, 1.54) is 18.4 Å². The van der Waals surface area contributed by atoms with Crippen LogP contribution < -0.4 is 14.4 Å². The maximum absolute atomic E-state index is 13.9. The fourth-order valence-electron chi connectivity index (χ4n) is 5.06. The van der Waals surface area contributed by atoms with Gasteiger partial charge in [-0.25, -0.2) is 8.42 Å². The largest absolute Gasteiger partial charge is 0.495 e. The molecule has 0 heterocycles. The summed E-state index contributed by atoms with van der Waals surface area (Å²) < 4.78 is 32.3. The molecule has 0 bridgehead atoms. The van der Waals surface area contributed by atoms with Crippen LogP contribution in [0.25, 0.3) is 0 Å². The average molecular weight is 544 g/mol. The Bertz CT molecular complexity index is 1220. The molecule has 8 nitrogen and oxygen atoms in total. The molecule has 1 aliphatic rings. The molecular formula is C29H41N3O5S. The van der Waals surface area contributed by atoms with Gasteiger partial charge in [-0.2, -0.15) is 0 Å². The van der Waals surface area contributed by atoms with Crippen LogP contribution in [0.2, 0.25) is 0 Å². The molecule has 1 aliphatic carbocycles. The molecule has 9 heteroatoms. The first-order valence-electron chi connectivity index (χ1n) is 13.3. The summed E-state index contributed by atoms with van der Waals surface area (Å²) >= 11 is 0. The summed E-state index contributed by atoms with van der Waals surface area (Å²) in [7, 11) is -2.38. The van der Waals surface area contributed by atoms with Crippen LogP contribution in [0.3, 0.4) is 0 Å². The Balaban J connectivity index is 1.96. The minimum absolute atomic E-state index is 0.102. The van der Waals surface area contributed by atoms with Gasteiger partial charge in [-0.15, -0.1) is 0 Å². The van der Waals surface area contributed by atoms with E-state index >= 15 is 0 Å². The minimum Gasteiger partial charge on any atom is -0.495 e. The highest BCUT2D eigenvalue weighted by molar-refractivity contribution is 7.92. The predicted octanol–water partition coefficient (Wildman–Crippen LogP) is 4.33. The zero-order chi connectivity index (χ0) is 27.9. The summed E-state index contributed by atoms with van der Waals surface area (Å²) in [6.45, 7) is 5.44. The summed E-state index contributed by atoms with van der Waals surface area (Å²) in [6, 6.07) is 12.3. The number of aryl methyl sites for hydroxylation is 2. The van der Waals surface area contributed by atoms with Crippen LogP contribution >= 0.6 is 0 Å². The van der Waals surface area contributed by atoms with Gasteiger partial charge in [0.15, 0.2) is 0 Å². The molecule has 1 saturated carbocycles. The van der Waals surface area contributed by atoms with Crippen molar-refractivity contribution in [2.24, 2.45) is 0 Å². The van der Waals surface area contributed by atoms with E-state index in [2.05, 4.69) is 5.32 Å². The highest BCUT2D eigenvalue weighted by Crippen LogP contribution is 2.31. The number of anilines is 1. The molecule has 2 amide bonds. The van der Waals surface area contributed by atoms with Gasteiger partial charge in [-0.05, 0) is 56.4 Å². The number of hydrogen-bond acceptors (Lipinski definition) is 5. The number of amides is 2. The van der Waals surface area contributed by atoms with Crippen molar-refractivity contribution in [1.29, 1.82) is 0 Å². The normalized spacial score (nSPS) is 15.0. The first-order chi connectivity index (χ1) is 18.0. The van der Waals surface area contributed by atoms with Crippen molar-refractivity contribution < 1.29 is 22.7 Å². The van der Waals surface area contributed by atoms with E-state index in [0.29, 0.717) is 17.9 Å². The van der Waals surface area contributed by atoms with Crippen LogP contribution in [0.15, 0.2) is 42.5 Å². The van der Waals surface area contributed by atoms with E-state index in [9.17, 15) is 18.0 Å². The van der Waals surface area contributed by atoms with Crippen molar-refractivity contribution in [3.63, 3.8) is 0 Å². The van der Waals surface area contributed by atoms with Crippen molar-refractivity contribution >= 4 is 27.5 Å². The number of carbonyl (C=O) groups excluding carboxylic acids is 2. The average Bonchev–Trinajstić information content (AvgIpc) is 2.87. The zero-order valence-corrected chi connectivity index (χ0v) is 24.0. The molecule has 0 aromatic heterocycles. The molecule has 0 spiro atoms. The van der Waals surface area contributed by atoms with Crippen molar-refractivity contribution in [1.82, 2.24) is 10.2 Å². The van der Waals surface area contributed by atoms with Gasteiger partial charge >= 0.3 is 0 Å². The van der Waals surface area contributed by atoms with Crippen LogP contribution in [0.4, 0.5) is 5.69 Å². The van der Waals surface area contributed by atoms with Crippen LogP contribution in [0.1, 0.15) is 62.1 Å². The quantitative estimate of drug-likeness (QED) is 0.455. The number of methoxy groups -OCH3 is 1. The molecule has 0 saturated heterocycles. The Hall–Kier alpha value is -3.07. The summed E-state index contributed by atoms with van der Waals surface area (Å²) in [5, 5.41) is 3.16. The third kappa shape index (κ3) is 7.72. The van der Waals surface area contributed by atoms with Gasteiger partial charge in [0.2, 0.25) is 21.8 Å². The minimum atomic E-state index is -3.85. The van der Waals surface area contributed by atoms with Crippen molar-refractivity contribution in [3.05, 3.63) is 59.2 Å². The lowest BCUT2D eigenvalue weighted by Gasteiger charge is -2.34. The number of nitrogens with zero attached hydrogens (tertiary/aromatic N) is 2. The number of ether oxygens (including phenoxy) is 1. The lowest BCUT2D eigenvalue weighted by atomic mass is 9.95. The summed E-state index contributed by atoms with van der Waals surface area (Å²) in [6.07, 6.45) is 6.67. The highest BCUT2D eigenvalue weighted by Gasteiger charge is 2.33. The first kappa shape index (κ1) is 29.5. The molecule has 1 fully saturated rings. The highest BCUT2D eigenvalue weighted by atomic mass is 32.2. The van der Waals surface area contributed by atoms with E-state index in [1.807, 2.05) is 51.1 Å². The number of benzene rings is 2. The van der Waals surface area contributed by atoms with Crippen LogP contribution in [-0.2, 0) is 26.2 Å². The van der Waals surface area contributed by atoms with Crippen molar-refractivity contribution in [2.75, 3.05) is 24.2 Å². The maximum atomic E-state index is 13.9. The SMILES string of the molecule is CC[C@H](C(=O)NC1CCCCC1)N(Cc1cccc(C)c1)C(=O)CN(c1cc(C)ccc1OC)S(C)(=O)=O. The van der Waals surface area contributed by atoms with Gasteiger partial charge in [0.05, 0.1) is 19.1 Å². The number of nitrogens with one attached hydrogen (secondary N) is 1. The second-order valence-electron chi connectivity index (χ2n) is 10.2. The molecule has 0 aliphatic heterocycles. The first-order valence-corrected chi connectivity index (χ1v) is 15.2. The third-order valence-corrected chi connectivity index (χ3v) is 8.18. The van der Waals surface area contributed by atoms with Gasteiger partial charge in [0.1, 0.15) is 18.3 Å². The Labute approximate surface area is 227 Å². The topological polar surface area (TPSA) is 96.0 Å². The summed E-state index contributed by atoms with van der Waals surface area (Å²) in [5.74, 6) is -0.299. The van der Waals surface area contributed by atoms with Crippen LogP contribution in [0.5, 0.6) is 5.75 Å². The summed E-state index contributed by atoms with van der Waals surface area (Å²) in [5.41, 5.74) is 3.04. The van der Waals surface area contributed by atoms with E-state index in [-0.39, 0.29) is 18.5 Å². The third-order valence-electron chi connectivity index (χ3n) is 7.06. The van der Waals surface area contributed by atoms with E-state index < -0.39 is 28.5 Å². The van der Waals surface area contributed by atoms with E-state index in [4.69, 9.17) is 4.74 Å². The number of hydrogen-bond donors (Lipinski definition) is 1. The van der Waals surface area contributed by atoms with Crippen LogP contribution in [-0.4, -0.2) is 57.1 Å². The monoisotopic (exact) mass is 543 g/mol. The summed E-state index contributed by atoms with van der Waals surface area (Å²) in [4.78, 5) is 29.0. The molecule has 1 atom stereocenters. The fourth-order valence-corrected chi connectivity index (χ4v) is 5.91. The molecule has 0 unspecified atom stereocenters. The van der Waals surface area contributed by atoms with Crippen LogP contribution in [0, 0.1) is 13.8 Å². The van der Waals surface area contributed by atoms with Gasteiger partial charge in [-0.1, -0.05) is 62.1 Å². The number of carbonyl (C=O) groups is 2. The smallest absolute Gasteiger partial charge is 0.244 e. The van der Waals surface area contributed by atoms with Crippen molar-refractivity contribution in [2.45, 2.75) is 77.9 Å². The van der Waals surface area contributed by atoms with Gasteiger partial charge in [-0.3, -0.25) is 13.9 Å². The molecular weight excluding hydrogens is 502 g/mol. The van der Waals surface area contributed by atoms with Crippen molar-refractivity contribution in [3.8, 4) is 5.75 Å². The Morgan fingerprint density at radius 1 is 1.05 bits per heavy atom.